The van der Waals surface area contributed by atoms with Crippen LogP contribution in [0.1, 0.15) is 22.0 Å². The number of hydrogen-bond acceptors (Lipinski definition) is 2. The predicted molar refractivity (Wildman–Crippen MR) is 81.9 cm³/mol. The minimum absolute atomic E-state index is 0.182. The molecule has 0 fully saturated rings. The van der Waals surface area contributed by atoms with E-state index >= 15 is 0 Å². The van der Waals surface area contributed by atoms with Gasteiger partial charge in [0.1, 0.15) is 0 Å². The lowest BCUT2D eigenvalue weighted by Crippen LogP contribution is -2.12. The standard InChI is InChI=1S/C12H10Br2ClNS/c1-6-9(5-11(14)17-6)12(16)8-3-2-7(13)4-10(8)15/h2-5,12H,16H2,1H3. The van der Waals surface area contributed by atoms with Gasteiger partial charge in [0.2, 0.25) is 0 Å². The quantitative estimate of drug-likeness (QED) is 0.735. The summed E-state index contributed by atoms with van der Waals surface area (Å²) in [7, 11) is 0. The molecule has 1 atom stereocenters. The number of benzene rings is 1. The molecule has 0 aliphatic rings. The Hall–Kier alpha value is 0.130. The van der Waals surface area contributed by atoms with Gasteiger partial charge in [-0.3, -0.25) is 0 Å². The second kappa shape index (κ2) is 5.41. The van der Waals surface area contributed by atoms with Crippen molar-refractivity contribution < 1.29 is 0 Å². The van der Waals surface area contributed by atoms with E-state index in [9.17, 15) is 0 Å². The summed E-state index contributed by atoms with van der Waals surface area (Å²) in [5.41, 5.74) is 8.33. The van der Waals surface area contributed by atoms with Gasteiger partial charge in [-0.25, -0.2) is 0 Å². The summed E-state index contributed by atoms with van der Waals surface area (Å²) in [6, 6.07) is 7.66. The molecule has 17 heavy (non-hydrogen) atoms. The van der Waals surface area contributed by atoms with Gasteiger partial charge in [-0.05, 0) is 52.2 Å². The topological polar surface area (TPSA) is 26.0 Å². The summed E-state index contributed by atoms with van der Waals surface area (Å²) < 4.78 is 2.05. The molecule has 0 amide bonds. The Bertz CT molecular complexity index is 553. The number of thiophene rings is 1. The van der Waals surface area contributed by atoms with E-state index in [-0.39, 0.29) is 6.04 Å². The summed E-state index contributed by atoms with van der Waals surface area (Å²) in [5.74, 6) is 0. The van der Waals surface area contributed by atoms with E-state index < -0.39 is 0 Å². The first-order valence-corrected chi connectivity index (χ1v) is 7.73. The van der Waals surface area contributed by atoms with Crippen LogP contribution in [0.4, 0.5) is 0 Å². The van der Waals surface area contributed by atoms with Crippen molar-refractivity contribution in [1.29, 1.82) is 0 Å². The van der Waals surface area contributed by atoms with Crippen LogP contribution in [-0.4, -0.2) is 0 Å². The Morgan fingerprint density at radius 1 is 1.24 bits per heavy atom. The van der Waals surface area contributed by atoms with Crippen LogP contribution >= 0.6 is 54.8 Å². The normalized spacial score (nSPS) is 12.8. The van der Waals surface area contributed by atoms with Gasteiger partial charge in [0.15, 0.2) is 0 Å². The average Bonchev–Trinajstić information content (AvgIpc) is 2.57. The molecule has 0 saturated carbocycles. The Morgan fingerprint density at radius 2 is 1.94 bits per heavy atom. The Kier molecular flexibility index (Phi) is 4.31. The zero-order valence-corrected chi connectivity index (χ0v) is 13.8. The van der Waals surface area contributed by atoms with Crippen LogP contribution in [-0.2, 0) is 0 Å². The van der Waals surface area contributed by atoms with Crippen molar-refractivity contribution in [3.8, 4) is 0 Å². The minimum atomic E-state index is -0.182. The lowest BCUT2D eigenvalue weighted by molar-refractivity contribution is 0.869. The number of hydrogen-bond donors (Lipinski definition) is 1. The van der Waals surface area contributed by atoms with Gasteiger partial charge in [-0.15, -0.1) is 11.3 Å². The number of aryl methyl sites for hydroxylation is 1. The second-order valence-corrected chi connectivity index (χ2v) is 7.66. The Balaban J connectivity index is 2.43. The lowest BCUT2D eigenvalue weighted by Gasteiger charge is -2.14. The van der Waals surface area contributed by atoms with E-state index in [2.05, 4.69) is 44.8 Å². The molecule has 2 rings (SSSR count). The molecule has 90 valence electrons. The van der Waals surface area contributed by atoms with Crippen molar-refractivity contribution in [2.45, 2.75) is 13.0 Å². The molecule has 2 aromatic rings. The largest absolute Gasteiger partial charge is 0.320 e. The molecule has 0 spiro atoms. The van der Waals surface area contributed by atoms with Gasteiger partial charge in [0, 0.05) is 14.4 Å². The van der Waals surface area contributed by atoms with Crippen LogP contribution in [0, 0.1) is 6.92 Å². The number of rotatable bonds is 2. The molecule has 0 aliphatic carbocycles. The second-order valence-electron chi connectivity index (χ2n) is 3.71. The molecule has 1 heterocycles. The molecule has 0 aliphatic heterocycles. The maximum Gasteiger partial charge on any atom is 0.0704 e. The van der Waals surface area contributed by atoms with Crippen LogP contribution in [0.5, 0.6) is 0 Å². The van der Waals surface area contributed by atoms with Gasteiger partial charge in [0.25, 0.3) is 0 Å². The van der Waals surface area contributed by atoms with E-state index in [0.717, 1.165) is 19.4 Å². The van der Waals surface area contributed by atoms with Gasteiger partial charge in [0.05, 0.1) is 9.83 Å². The molecule has 1 aromatic carbocycles. The highest BCUT2D eigenvalue weighted by molar-refractivity contribution is 9.11. The predicted octanol–water partition coefficient (Wildman–Crippen LogP) is 5.28. The molecule has 1 nitrogen and oxygen atoms in total. The van der Waals surface area contributed by atoms with E-state index in [4.69, 9.17) is 17.3 Å². The van der Waals surface area contributed by atoms with E-state index in [1.807, 2.05) is 18.2 Å². The van der Waals surface area contributed by atoms with Crippen molar-refractivity contribution >= 4 is 54.8 Å². The van der Waals surface area contributed by atoms with Crippen molar-refractivity contribution in [1.82, 2.24) is 0 Å². The molecule has 1 unspecified atom stereocenters. The van der Waals surface area contributed by atoms with Gasteiger partial charge >= 0.3 is 0 Å². The molecular formula is C12H10Br2ClNS. The first-order valence-electron chi connectivity index (χ1n) is 4.95. The summed E-state index contributed by atoms with van der Waals surface area (Å²) >= 11 is 14.8. The van der Waals surface area contributed by atoms with E-state index in [1.54, 1.807) is 11.3 Å². The molecule has 2 N–H and O–H groups in total. The van der Waals surface area contributed by atoms with Crippen LogP contribution < -0.4 is 5.73 Å². The third-order valence-corrected chi connectivity index (χ3v) is 4.95. The summed E-state index contributed by atoms with van der Waals surface area (Å²) in [4.78, 5) is 1.21. The van der Waals surface area contributed by atoms with Crippen LogP contribution in [0.25, 0.3) is 0 Å². The first-order chi connectivity index (χ1) is 7.99. The summed E-state index contributed by atoms with van der Waals surface area (Å²) in [6.07, 6.45) is 0. The first kappa shape index (κ1) is 13.6. The summed E-state index contributed by atoms with van der Waals surface area (Å²) in [5, 5.41) is 0.689. The monoisotopic (exact) mass is 393 g/mol. The smallest absolute Gasteiger partial charge is 0.0704 e. The third kappa shape index (κ3) is 2.93. The van der Waals surface area contributed by atoms with Crippen molar-refractivity contribution in [2.75, 3.05) is 0 Å². The fourth-order valence-corrected chi connectivity index (χ4v) is 4.24. The van der Waals surface area contributed by atoms with Crippen LogP contribution in [0.2, 0.25) is 5.02 Å². The zero-order chi connectivity index (χ0) is 12.6. The third-order valence-electron chi connectivity index (χ3n) is 2.56. The molecule has 0 radical (unpaired) electrons. The molecular weight excluding hydrogens is 385 g/mol. The molecule has 0 bridgehead atoms. The summed E-state index contributed by atoms with van der Waals surface area (Å²) in [6.45, 7) is 2.07. The number of nitrogens with two attached hydrogens (primary N) is 1. The molecule has 5 heteroatoms. The maximum atomic E-state index is 6.27. The van der Waals surface area contributed by atoms with Crippen molar-refractivity contribution in [3.05, 3.63) is 53.6 Å². The zero-order valence-electron chi connectivity index (χ0n) is 9.01. The molecule has 1 aromatic heterocycles. The van der Waals surface area contributed by atoms with Crippen molar-refractivity contribution in [3.63, 3.8) is 0 Å². The Labute approximate surface area is 126 Å². The van der Waals surface area contributed by atoms with E-state index in [0.29, 0.717) is 5.02 Å². The van der Waals surface area contributed by atoms with Gasteiger partial charge < -0.3 is 5.73 Å². The Morgan fingerprint density at radius 3 is 2.47 bits per heavy atom. The van der Waals surface area contributed by atoms with Crippen LogP contribution in [0.15, 0.2) is 32.5 Å². The number of halogens is 3. The highest BCUT2D eigenvalue weighted by Gasteiger charge is 2.16. The SMILES string of the molecule is Cc1sc(Br)cc1C(N)c1ccc(Br)cc1Cl. The van der Waals surface area contributed by atoms with Gasteiger partial charge in [-0.1, -0.05) is 33.6 Å². The highest BCUT2D eigenvalue weighted by Crippen LogP contribution is 2.35. The fraction of sp³-hybridized carbons (Fsp3) is 0.167. The highest BCUT2D eigenvalue weighted by atomic mass is 79.9. The van der Waals surface area contributed by atoms with Gasteiger partial charge in [-0.2, -0.15) is 0 Å². The van der Waals surface area contributed by atoms with E-state index in [1.165, 1.54) is 4.88 Å². The minimum Gasteiger partial charge on any atom is -0.320 e. The lowest BCUT2D eigenvalue weighted by atomic mass is 10.0. The molecule has 0 saturated heterocycles. The van der Waals surface area contributed by atoms with Crippen LogP contribution in [0.3, 0.4) is 0 Å². The average molecular weight is 396 g/mol. The maximum absolute atomic E-state index is 6.27. The van der Waals surface area contributed by atoms with Crippen molar-refractivity contribution in [2.24, 2.45) is 5.73 Å². The fourth-order valence-electron chi connectivity index (χ4n) is 1.69.